The van der Waals surface area contributed by atoms with E-state index in [1.54, 1.807) is 17.0 Å². The predicted octanol–water partition coefficient (Wildman–Crippen LogP) is 3.63. The van der Waals surface area contributed by atoms with E-state index in [1.807, 2.05) is 54.2 Å². The number of methoxy groups -OCH3 is 1. The van der Waals surface area contributed by atoms with Crippen molar-refractivity contribution in [2.75, 3.05) is 26.8 Å². The van der Waals surface area contributed by atoms with Gasteiger partial charge in [-0.2, -0.15) is 5.10 Å². The van der Waals surface area contributed by atoms with Gasteiger partial charge in [0, 0.05) is 44.3 Å². The summed E-state index contributed by atoms with van der Waals surface area (Å²) >= 11 is 6.08. The highest BCUT2D eigenvalue weighted by molar-refractivity contribution is 6.30. The molecule has 0 radical (unpaired) electrons. The van der Waals surface area contributed by atoms with Gasteiger partial charge >= 0.3 is 0 Å². The van der Waals surface area contributed by atoms with Gasteiger partial charge in [-0.25, -0.2) is 5.01 Å². The third kappa shape index (κ3) is 4.74. The van der Waals surface area contributed by atoms with E-state index in [1.165, 1.54) is 0 Å². The van der Waals surface area contributed by atoms with Gasteiger partial charge in [-0.3, -0.25) is 9.59 Å². The van der Waals surface area contributed by atoms with E-state index in [2.05, 4.69) is 0 Å². The summed E-state index contributed by atoms with van der Waals surface area (Å²) in [6.07, 6.45) is 5.41. The number of halogens is 1. The zero-order chi connectivity index (χ0) is 22.7. The van der Waals surface area contributed by atoms with Gasteiger partial charge in [0.25, 0.3) is 5.91 Å². The molecule has 0 spiro atoms. The quantitative estimate of drug-likeness (QED) is 0.609. The fourth-order valence-corrected chi connectivity index (χ4v) is 4.34. The molecule has 32 heavy (non-hydrogen) atoms. The smallest absolute Gasteiger partial charge is 0.262 e. The molecular formula is C24H29ClN4O3. The van der Waals surface area contributed by atoms with Crippen molar-refractivity contribution in [3.05, 3.63) is 58.9 Å². The average molecular weight is 457 g/mol. The molecule has 2 heterocycles. The number of hydrogen-bond acceptors (Lipinski definition) is 4. The molecule has 8 heteroatoms. The van der Waals surface area contributed by atoms with E-state index in [0.29, 0.717) is 24.6 Å². The minimum atomic E-state index is -0.243. The first kappa shape index (κ1) is 22.6. The van der Waals surface area contributed by atoms with Gasteiger partial charge in [-0.15, -0.1) is 0 Å². The molecule has 0 bridgehead atoms. The lowest BCUT2D eigenvalue weighted by molar-refractivity contribution is -0.146. The summed E-state index contributed by atoms with van der Waals surface area (Å²) in [5.41, 5.74) is 2.78. The molecule has 1 aliphatic carbocycles. The van der Waals surface area contributed by atoms with E-state index < -0.39 is 0 Å². The Kier molecular flexibility index (Phi) is 6.96. The Hall–Kier alpha value is -2.64. The summed E-state index contributed by atoms with van der Waals surface area (Å²) < 4.78 is 7.18. The van der Waals surface area contributed by atoms with Gasteiger partial charge in [0.15, 0.2) is 0 Å². The van der Waals surface area contributed by atoms with E-state index in [9.17, 15) is 9.59 Å². The van der Waals surface area contributed by atoms with E-state index in [4.69, 9.17) is 21.4 Å². The topological polar surface area (TPSA) is 67.1 Å². The Balaban J connectivity index is 1.58. The van der Waals surface area contributed by atoms with Crippen LogP contribution in [0.3, 0.4) is 0 Å². The Bertz CT molecular complexity index is 997. The van der Waals surface area contributed by atoms with Gasteiger partial charge in [0.1, 0.15) is 6.54 Å². The second-order valence-corrected chi connectivity index (χ2v) is 8.88. The van der Waals surface area contributed by atoms with Crippen molar-refractivity contribution in [1.82, 2.24) is 14.5 Å². The first-order chi connectivity index (χ1) is 15.5. The molecule has 1 aromatic carbocycles. The average Bonchev–Trinajstić information content (AvgIpc) is 3.36. The van der Waals surface area contributed by atoms with Crippen molar-refractivity contribution in [1.29, 1.82) is 0 Å². The molecule has 1 aromatic heterocycles. The minimum Gasteiger partial charge on any atom is -0.383 e. The Morgan fingerprint density at radius 2 is 1.97 bits per heavy atom. The first-order valence-electron chi connectivity index (χ1n) is 11.0. The zero-order valence-electron chi connectivity index (χ0n) is 18.5. The third-order valence-corrected chi connectivity index (χ3v) is 6.57. The Morgan fingerprint density at radius 1 is 1.22 bits per heavy atom. The zero-order valence-corrected chi connectivity index (χ0v) is 19.3. The van der Waals surface area contributed by atoms with Gasteiger partial charge in [0.2, 0.25) is 5.91 Å². The summed E-state index contributed by atoms with van der Waals surface area (Å²) in [5, 5.41) is 6.91. The maximum Gasteiger partial charge on any atom is 0.262 e. The normalized spacial score (nSPS) is 18.4. The molecule has 0 unspecified atom stereocenters. The number of benzene rings is 1. The van der Waals surface area contributed by atoms with Crippen LogP contribution in [0, 0.1) is 5.92 Å². The first-order valence-corrected chi connectivity index (χ1v) is 11.4. The highest BCUT2D eigenvalue weighted by atomic mass is 35.5. The summed E-state index contributed by atoms with van der Waals surface area (Å²) in [6, 6.07) is 11.2. The molecule has 2 aliphatic rings. The van der Waals surface area contributed by atoms with Crippen LogP contribution < -0.4 is 0 Å². The molecule has 1 atom stereocenters. The number of carbonyl (C=O) groups is 2. The van der Waals surface area contributed by atoms with Gasteiger partial charge in [0.05, 0.1) is 24.1 Å². The van der Waals surface area contributed by atoms with E-state index in [0.717, 1.165) is 36.2 Å². The fraction of sp³-hybridized carbons (Fsp3) is 0.458. The van der Waals surface area contributed by atoms with Crippen LogP contribution in [-0.4, -0.2) is 58.8 Å². The van der Waals surface area contributed by atoms with Crippen LogP contribution in [0.15, 0.2) is 47.7 Å². The molecule has 1 fully saturated rings. The highest BCUT2D eigenvalue weighted by Crippen LogP contribution is 2.34. The number of hydrazone groups is 1. The minimum absolute atomic E-state index is 0.00724. The SMILES string of the molecule is COCCN(CC(=O)N1N=C(c2cccn2C)C[C@@H]1c1ccc(Cl)cc1)C(=O)C1CCC1. The number of nitrogens with zero attached hydrogens (tertiary/aromatic N) is 4. The number of aromatic nitrogens is 1. The van der Waals surface area contributed by atoms with Crippen LogP contribution in [0.4, 0.5) is 0 Å². The number of ether oxygens (including phenoxy) is 1. The van der Waals surface area contributed by atoms with E-state index in [-0.39, 0.29) is 30.3 Å². The lowest BCUT2D eigenvalue weighted by Gasteiger charge is -2.32. The molecule has 4 rings (SSSR count). The number of carbonyl (C=O) groups excluding carboxylic acids is 2. The maximum absolute atomic E-state index is 13.5. The van der Waals surface area contributed by atoms with Gasteiger partial charge in [-0.05, 0) is 42.7 Å². The van der Waals surface area contributed by atoms with Crippen LogP contribution in [-0.2, 0) is 21.4 Å². The van der Waals surface area contributed by atoms with Crippen molar-refractivity contribution < 1.29 is 14.3 Å². The summed E-state index contributed by atoms with van der Waals surface area (Å²) in [7, 11) is 3.56. The number of hydrogen-bond donors (Lipinski definition) is 0. The Labute approximate surface area is 193 Å². The standard InChI is InChI=1S/C24H29ClN4O3/c1-27-12-4-7-21(27)20-15-22(17-8-10-19(25)11-9-17)29(26-20)23(30)16-28(13-14-32-2)24(31)18-5-3-6-18/h4,7-12,18,22H,3,5-6,13-16H2,1-2H3/t22-/m1/s1. The number of aryl methyl sites for hydroxylation is 1. The van der Waals surface area contributed by atoms with Crippen LogP contribution in [0.2, 0.25) is 5.02 Å². The van der Waals surface area contributed by atoms with Gasteiger partial charge < -0.3 is 14.2 Å². The molecule has 0 saturated heterocycles. The monoisotopic (exact) mass is 456 g/mol. The van der Waals surface area contributed by atoms with Crippen LogP contribution in [0.25, 0.3) is 0 Å². The summed E-state index contributed by atoms with van der Waals surface area (Å²) in [6.45, 7) is 0.780. The predicted molar refractivity (Wildman–Crippen MR) is 123 cm³/mol. The summed E-state index contributed by atoms with van der Waals surface area (Å²) in [5.74, 6) is -0.138. The number of amides is 2. The van der Waals surface area contributed by atoms with Crippen LogP contribution in [0.5, 0.6) is 0 Å². The maximum atomic E-state index is 13.5. The van der Waals surface area contributed by atoms with Crippen LogP contribution >= 0.6 is 11.6 Å². The lowest BCUT2D eigenvalue weighted by Crippen LogP contribution is -2.46. The van der Waals surface area contributed by atoms with Crippen molar-refractivity contribution in [3.8, 4) is 0 Å². The molecular weight excluding hydrogens is 428 g/mol. The fourth-order valence-electron chi connectivity index (χ4n) is 4.22. The van der Waals surface area contributed by atoms with E-state index >= 15 is 0 Å². The van der Waals surface area contributed by atoms with Crippen LogP contribution in [0.1, 0.15) is 43.0 Å². The molecule has 170 valence electrons. The van der Waals surface area contributed by atoms with Crippen molar-refractivity contribution in [3.63, 3.8) is 0 Å². The number of rotatable bonds is 8. The molecule has 1 saturated carbocycles. The van der Waals surface area contributed by atoms with Crippen molar-refractivity contribution in [2.24, 2.45) is 18.1 Å². The second kappa shape index (κ2) is 9.88. The lowest BCUT2D eigenvalue weighted by atomic mass is 9.84. The third-order valence-electron chi connectivity index (χ3n) is 6.32. The molecule has 2 aromatic rings. The largest absolute Gasteiger partial charge is 0.383 e. The Morgan fingerprint density at radius 3 is 2.56 bits per heavy atom. The van der Waals surface area contributed by atoms with Gasteiger partial charge in [-0.1, -0.05) is 30.2 Å². The molecule has 7 nitrogen and oxygen atoms in total. The molecule has 1 aliphatic heterocycles. The molecule has 0 N–H and O–H groups in total. The summed E-state index contributed by atoms with van der Waals surface area (Å²) in [4.78, 5) is 28.0. The van der Waals surface area contributed by atoms with Crippen molar-refractivity contribution >= 4 is 29.1 Å². The molecule has 2 amide bonds. The van der Waals surface area contributed by atoms with Crippen molar-refractivity contribution in [2.45, 2.75) is 31.7 Å². The highest BCUT2D eigenvalue weighted by Gasteiger charge is 2.36. The second-order valence-electron chi connectivity index (χ2n) is 8.44.